The van der Waals surface area contributed by atoms with E-state index in [2.05, 4.69) is 43.0 Å². The number of benzene rings is 1. The van der Waals surface area contributed by atoms with Gasteiger partial charge >= 0.3 is 0 Å². The van der Waals surface area contributed by atoms with E-state index < -0.39 is 5.91 Å². The summed E-state index contributed by atoms with van der Waals surface area (Å²) in [6.07, 6.45) is 5.06. The third-order valence-corrected chi connectivity index (χ3v) is 5.38. The van der Waals surface area contributed by atoms with Crippen molar-refractivity contribution in [2.24, 2.45) is 5.10 Å². The molecule has 3 heterocycles. The van der Waals surface area contributed by atoms with Gasteiger partial charge in [0.15, 0.2) is 5.69 Å². The predicted octanol–water partition coefficient (Wildman–Crippen LogP) is 2.15. The van der Waals surface area contributed by atoms with Crippen LogP contribution in [0.1, 0.15) is 60.8 Å². The van der Waals surface area contributed by atoms with Crippen LogP contribution in [0.5, 0.6) is 0 Å². The first-order valence-electron chi connectivity index (χ1n) is 10.8. The Bertz CT molecular complexity index is 1070. The highest BCUT2D eigenvalue weighted by atomic mass is 16.6. The summed E-state index contributed by atoms with van der Waals surface area (Å²) in [5, 5.41) is 20.1. The molecular formula is C21H27N9O2. The van der Waals surface area contributed by atoms with Gasteiger partial charge in [0.05, 0.1) is 11.4 Å². The number of piperidine rings is 1. The molecule has 0 saturated carbocycles. The zero-order valence-corrected chi connectivity index (χ0v) is 18.1. The summed E-state index contributed by atoms with van der Waals surface area (Å²) in [5.74, 6) is -0.153. The molecule has 1 aromatic carbocycles. The Morgan fingerprint density at radius 2 is 1.97 bits per heavy atom. The summed E-state index contributed by atoms with van der Waals surface area (Å²) in [6, 6.07) is 9.78. The number of nitrogens with zero attached hydrogens (tertiary/aromatic N) is 7. The minimum Gasteiger partial charge on any atom is -0.378 e. The molecule has 32 heavy (non-hydrogen) atoms. The van der Waals surface area contributed by atoms with E-state index in [9.17, 15) is 4.79 Å². The van der Waals surface area contributed by atoms with Gasteiger partial charge in [-0.15, -0.1) is 5.10 Å². The second-order valence-electron chi connectivity index (χ2n) is 7.72. The molecule has 0 unspecified atom stereocenters. The lowest BCUT2D eigenvalue weighted by Crippen LogP contribution is -2.31. The highest BCUT2D eigenvalue weighted by Gasteiger charge is 2.26. The van der Waals surface area contributed by atoms with E-state index in [4.69, 9.17) is 10.4 Å². The summed E-state index contributed by atoms with van der Waals surface area (Å²) in [4.78, 5) is 15.3. The first-order valence-corrected chi connectivity index (χ1v) is 10.8. The number of anilines is 1. The summed E-state index contributed by atoms with van der Waals surface area (Å²) in [5.41, 5.74) is 11.0. The van der Waals surface area contributed by atoms with Crippen molar-refractivity contribution in [3.8, 4) is 5.82 Å². The van der Waals surface area contributed by atoms with Crippen molar-refractivity contribution in [3.05, 3.63) is 47.3 Å². The maximum Gasteiger partial charge on any atom is 0.293 e. The van der Waals surface area contributed by atoms with Gasteiger partial charge in [0, 0.05) is 6.54 Å². The summed E-state index contributed by atoms with van der Waals surface area (Å²) in [6.45, 7) is 4.42. The first-order chi connectivity index (χ1) is 15.7. The summed E-state index contributed by atoms with van der Waals surface area (Å²) in [7, 11) is 0. The Hall–Kier alpha value is -3.60. The van der Waals surface area contributed by atoms with Crippen molar-refractivity contribution >= 4 is 17.4 Å². The molecule has 1 aliphatic heterocycles. The van der Waals surface area contributed by atoms with Crippen molar-refractivity contribution in [2.75, 3.05) is 18.8 Å². The Kier molecular flexibility index (Phi) is 6.85. The highest BCUT2D eigenvalue weighted by molar-refractivity contribution is 6.02. The Morgan fingerprint density at radius 3 is 2.66 bits per heavy atom. The minimum absolute atomic E-state index is 0.0779. The molecule has 1 aliphatic rings. The van der Waals surface area contributed by atoms with Gasteiger partial charge in [0.1, 0.15) is 0 Å². The molecule has 11 nitrogen and oxygen atoms in total. The number of carbonyl (C=O) groups is 1. The second-order valence-corrected chi connectivity index (χ2v) is 7.72. The molecule has 2 aromatic heterocycles. The lowest BCUT2D eigenvalue weighted by atomic mass is 10.1. The average Bonchev–Trinajstić information content (AvgIpc) is 3.43. The van der Waals surface area contributed by atoms with Crippen molar-refractivity contribution in [1.82, 2.24) is 35.6 Å². The molecule has 0 spiro atoms. The van der Waals surface area contributed by atoms with E-state index in [1.54, 1.807) is 0 Å². The van der Waals surface area contributed by atoms with Crippen molar-refractivity contribution in [2.45, 2.75) is 45.6 Å². The molecule has 1 fully saturated rings. The van der Waals surface area contributed by atoms with Crippen LogP contribution in [0.4, 0.5) is 5.82 Å². The molecule has 1 saturated heterocycles. The number of likely N-dealkylation sites (tertiary alicyclic amines) is 1. The lowest BCUT2D eigenvalue weighted by Gasteiger charge is -2.26. The van der Waals surface area contributed by atoms with Crippen LogP contribution < -0.4 is 11.2 Å². The summed E-state index contributed by atoms with van der Waals surface area (Å²) >= 11 is 0. The number of hydrogen-bond acceptors (Lipinski definition) is 9. The molecule has 0 aliphatic carbocycles. The molecule has 0 radical (unpaired) electrons. The third-order valence-electron chi connectivity index (χ3n) is 5.38. The Labute approximate surface area is 185 Å². The molecule has 4 rings (SSSR count). The maximum atomic E-state index is 13.1. The van der Waals surface area contributed by atoms with E-state index in [0.717, 1.165) is 50.0 Å². The third kappa shape index (κ3) is 4.83. The zero-order valence-electron chi connectivity index (χ0n) is 18.1. The van der Waals surface area contributed by atoms with Gasteiger partial charge in [0.2, 0.25) is 11.6 Å². The van der Waals surface area contributed by atoms with Crippen molar-refractivity contribution in [1.29, 1.82) is 0 Å². The maximum absolute atomic E-state index is 13.1. The van der Waals surface area contributed by atoms with E-state index in [-0.39, 0.29) is 17.3 Å². The average molecular weight is 438 g/mol. The number of carbonyl (C=O) groups excluding carboxylic acids is 1. The Morgan fingerprint density at radius 1 is 1.19 bits per heavy atom. The van der Waals surface area contributed by atoms with Gasteiger partial charge in [-0.2, -0.15) is 9.78 Å². The van der Waals surface area contributed by atoms with E-state index in [1.165, 1.54) is 11.1 Å². The number of amides is 1. The van der Waals surface area contributed by atoms with Gasteiger partial charge in [-0.3, -0.25) is 9.69 Å². The number of nitrogens with two attached hydrogens (primary N) is 1. The Balaban J connectivity index is 1.62. The van der Waals surface area contributed by atoms with Crippen LogP contribution in [0.2, 0.25) is 0 Å². The number of hydrazone groups is 1. The molecular weight excluding hydrogens is 410 g/mol. The van der Waals surface area contributed by atoms with E-state index in [0.29, 0.717) is 12.2 Å². The van der Waals surface area contributed by atoms with Crippen molar-refractivity contribution in [3.63, 3.8) is 0 Å². The number of rotatable bonds is 8. The monoisotopic (exact) mass is 437 g/mol. The van der Waals surface area contributed by atoms with Gasteiger partial charge in [-0.1, -0.05) is 55.3 Å². The molecule has 3 N–H and O–H groups in total. The molecule has 168 valence electrons. The van der Waals surface area contributed by atoms with E-state index >= 15 is 0 Å². The lowest BCUT2D eigenvalue weighted by molar-refractivity contribution is 0.0947. The number of aromatic nitrogens is 5. The predicted molar refractivity (Wildman–Crippen MR) is 118 cm³/mol. The molecule has 0 bridgehead atoms. The standard InChI is InChI=1S/C21H27N9O2/c1-2-9-16(15-10-5-3-6-11-15)23-25-21(31)18-17(14-29-12-7-4-8-13-29)30(28-24-18)20-19(22)26-32-27-20/h3,5-6,10-11H,2,4,7-9,12-14H2,1H3,(H2,22,26)(H,25,31)/b23-16-. The largest absolute Gasteiger partial charge is 0.378 e. The number of nitrogens with one attached hydrogen (secondary N) is 1. The quantitative estimate of drug-likeness (QED) is 0.403. The van der Waals surface area contributed by atoms with Crippen LogP contribution in [0.3, 0.4) is 0 Å². The molecule has 3 aromatic rings. The summed E-state index contributed by atoms with van der Waals surface area (Å²) < 4.78 is 6.14. The normalized spacial score (nSPS) is 15.1. The number of nitrogen functional groups attached to an aromatic ring is 1. The number of hydrogen-bond donors (Lipinski definition) is 2. The van der Waals surface area contributed by atoms with Gasteiger partial charge < -0.3 is 5.73 Å². The highest BCUT2D eigenvalue weighted by Crippen LogP contribution is 2.20. The van der Waals surface area contributed by atoms with Crippen LogP contribution >= 0.6 is 0 Å². The van der Waals surface area contributed by atoms with E-state index in [1.807, 2.05) is 30.3 Å². The van der Waals surface area contributed by atoms with Crippen molar-refractivity contribution < 1.29 is 9.42 Å². The minimum atomic E-state index is -0.442. The van der Waals surface area contributed by atoms with Crippen LogP contribution in [-0.2, 0) is 6.54 Å². The van der Waals surface area contributed by atoms with Gasteiger partial charge in [0.25, 0.3) is 5.91 Å². The molecule has 1 amide bonds. The van der Waals surface area contributed by atoms with Gasteiger partial charge in [-0.05, 0) is 48.2 Å². The second kappa shape index (κ2) is 10.1. The van der Waals surface area contributed by atoms with Gasteiger partial charge in [-0.25, -0.2) is 10.1 Å². The fraction of sp³-hybridized carbons (Fsp3) is 0.429. The fourth-order valence-corrected chi connectivity index (χ4v) is 3.76. The van der Waals surface area contributed by atoms with Crippen LogP contribution in [0.25, 0.3) is 5.82 Å². The van der Waals surface area contributed by atoms with Crippen LogP contribution in [0.15, 0.2) is 40.1 Å². The SMILES string of the molecule is CCC/C(=N/NC(=O)c1nnn(-c2nonc2N)c1CN1CCCCC1)c1ccccc1. The zero-order chi connectivity index (χ0) is 22.3. The smallest absolute Gasteiger partial charge is 0.293 e. The fourth-order valence-electron chi connectivity index (χ4n) is 3.76. The molecule has 11 heteroatoms. The van der Waals surface area contributed by atoms with Crippen LogP contribution in [0, 0.1) is 0 Å². The first kappa shape index (κ1) is 21.6. The topological polar surface area (TPSA) is 140 Å². The van der Waals surface area contributed by atoms with Crippen LogP contribution in [-0.4, -0.2) is 54.9 Å². The molecule has 0 atom stereocenters.